The van der Waals surface area contributed by atoms with E-state index in [0.717, 1.165) is 23.3 Å². The summed E-state index contributed by atoms with van der Waals surface area (Å²) in [4.78, 5) is 3.22. The minimum atomic E-state index is -4.41. The summed E-state index contributed by atoms with van der Waals surface area (Å²) in [5.74, 6) is 0. The standard InChI is InChI=1S/C22H22F3N3O2S/c1-16-6-7-20(12-17(16)2)31(29,30)21(14-26)15-27-8-10-28(11-9-27)19-5-3-4-18(13-19)22(23,24)25/h3-7,12-13,15H,8-11H2,1-2H3. The van der Waals surface area contributed by atoms with E-state index < -0.39 is 21.6 Å². The van der Waals surface area contributed by atoms with Gasteiger partial charge in [0.15, 0.2) is 4.91 Å². The van der Waals surface area contributed by atoms with Crippen LogP contribution >= 0.6 is 0 Å². The van der Waals surface area contributed by atoms with E-state index in [9.17, 15) is 26.9 Å². The van der Waals surface area contributed by atoms with Crippen LogP contribution in [0.25, 0.3) is 0 Å². The average Bonchev–Trinajstić information content (AvgIpc) is 2.73. The molecule has 5 nitrogen and oxygen atoms in total. The highest BCUT2D eigenvalue weighted by Gasteiger charge is 2.31. The number of sulfone groups is 1. The third-order valence-electron chi connectivity index (χ3n) is 5.34. The van der Waals surface area contributed by atoms with Crippen molar-refractivity contribution in [2.75, 3.05) is 31.1 Å². The zero-order valence-electron chi connectivity index (χ0n) is 17.1. The molecule has 1 aliphatic heterocycles. The third kappa shape index (κ3) is 5.02. The summed E-state index contributed by atoms with van der Waals surface area (Å²) < 4.78 is 64.6. The lowest BCUT2D eigenvalue weighted by molar-refractivity contribution is -0.137. The van der Waals surface area contributed by atoms with Gasteiger partial charge in [-0.2, -0.15) is 18.4 Å². The largest absolute Gasteiger partial charge is 0.416 e. The molecule has 0 spiro atoms. The molecular formula is C22H22F3N3O2S. The first kappa shape index (κ1) is 22.7. The fourth-order valence-corrected chi connectivity index (χ4v) is 4.56. The van der Waals surface area contributed by atoms with Gasteiger partial charge >= 0.3 is 6.18 Å². The van der Waals surface area contributed by atoms with E-state index in [0.29, 0.717) is 31.9 Å². The molecule has 0 aliphatic carbocycles. The van der Waals surface area contributed by atoms with E-state index in [1.807, 2.05) is 11.8 Å². The highest BCUT2D eigenvalue weighted by atomic mass is 32.2. The molecule has 0 unspecified atom stereocenters. The molecule has 3 rings (SSSR count). The maximum absolute atomic E-state index is 13.0. The zero-order valence-corrected chi connectivity index (χ0v) is 18.0. The van der Waals surface area contributed by atoms with Crippen LogP contribution in [0, 0.1) is 25.2 Å². The van der Waals surface area contributed by atoms with Gasteiger partial charge in [0.25, 0.3) is 0 Å². The van der Waals surface area contributed by atoms with Gasteiger partial charge in [0.05, 0.1) is 10.5 Å². The van der Waals surface area contributed by atoms with Gasteiger partial charge in [0.2, 0.25) is 9.84 Å². The van der Waals surface area contributed by atoms with Crippen molar-refractivity contribution in [2.24, 2.45) is 0 Å². The molecular weight excluding hydrogens is 427 g/mol. The van der Waals surface area contributed by atoms with E-state index >= 15 is 0 Å². The first-order valence-corrected chi connectivity index (χ1v) is 11.1. The fourth-order valence-electron chi connectivity index (χ4n) is 3.32. The van der Waals surface area contributed by atoms with Gasteiger partial charge in [0, 0.05) is 38.1 Å². The number of piperazine rings is 1. The Morgan fingerprint density at radius 2 is 1.71 bits per heavy atom. The molecule has 1 aliphatic rings. The Morgan fingerprint density at radius 3 is 2.29 bits per heavy atom. The van der Waals surface area contributed by atoms with Gasteiger partial charge in [-0.3, -0.25) is 0 Å². The van der Waals surface area contributed by atoms with Crippen LogP contribution in [0.2, 0.25) is 0 Å². The number of nitrogens with zero attached hydrogens (tertiary/aromatic N) is 3. The Labute approximate surface area is 179 Å². The zero-order chi connectivity index (χ0) is 22.8. The molecule has 31 heavy (non-hydrogen) atoms. The lowest BCUT2D eigenvalue weighted by atomic mass is 10.1. The van der Waals surface area contributed by atoms with Crippen molar-refractivity contribution in [1.29, 1.82) is 5.26 Å². The molecule has 2 aromatic carbocycles. The van der Waals surface area contributed by atoms with E-state index in [1.165, 1.54) is 18.3 Å². The molecule has 164 valence electrons. The van der Waals surface area contributed by atoms with E-state index in [-0.39, 0.29) is 9.80 Å². The number of hydrogen-bond acceptors (Lipinski definition) is 5. The van der Waals surface area contributed by atoms with Crippen LogP contribution in [-0.2, 0) is 16.0 Å². The van der Waals surface area contributed by atoms with Crippen LogP contribution in [0.1, 0.15) is 16.7 Å². The summed E-state index contributed by atoms with van der Waals surface area (Å²) in [6.45, 7) is 5.24. The van der Waals surface area contributed by atoms with Crippen molar-refractivity contribution in [2.45, 2.75) is 24.9 Å². The maximum Gasteiger partial charge on any atom is 0.416 e. The second kappa shape index (κ2) is 8.63. The lowest BCUT2D eigenvalue weighted by Gasteiger charge is -2.35. The summed E-state index contributed by atoms with van der Waals surface area (Å²) in [5, 5.41) is 9.47. The predicted octanol–water partition coefficient (Wildman–Crippen LogP) is 4.28. The molecule has 0 amide bonds. The quantitative estimate of drug-likeness (QED) is 0.652. The summed E-state index contributed by atoms with van der Waals surface area (Å²) in [6.07, 6.45) is -3.08. The molecule has 0 saturated carbocycles. The van der Waals surface area contributed by atoms with Crippen LogP contribution in [0.3, 0.4) is 0 Å². The van der Waals surface area contributed by atoms with Gasteiger partial charge in [-0.15, -0.1) is 0 Å². The van der Waals surface area contributed by atoms with E-state index in [4.69, 9.17) is 0 Å². The highest BCUT2D eigenvalue weighted by molar-refractivity contribution is 7.95. The average molecular weight is 449 g/mol. The van der Waals surface area contributed by atoms with Gasteiger partial charge < -0.3 is 9.80 Å². The number of halogens is 3. The number of aryl methyl sites for hydroxylation is 2. The number of nitriles is 1. The van der Waals surface area contributed by atoms with Crippen molar-refractivity contribution in [3.8, 4) is 6.07 Å². The molecule has 1 saturated heterocycles. The van der Waals surface area contributed by atoms with Crippen molar-refractivity contribution in [1.82, 2.24) is 4.90 Å². The first-order chi connectivity index (χ1) is 14.5. The second-order valence-corrected chi connectivity index (χ2v) is 9.34. The Kier molecular flexibility index (Phi) is 6.32. The minimum Gasteiger partial charge on any atom is -0.372 e. The van der Waals surface area contributed by atoms with Crippen molar-refractivity contribution < 1.29 is 21.6 Å². The molecule has 0 radical (unpaired) electrons. The fraction of sp³-hybridized carbons (Fsp3) is 0.318. The maximum atomic E-state index is 13.0. The molecule has 1 heterocycles. The summed E-state index contributed by atoms with van der Waals surface area (Å²) in [6, 6.07) is 11.6. The normalized spacial score (nSPS) is 15.7. The summed E-state index contributed by atoms with van der Waals surface area (Å²) >= 11 is 0. The Hall–Kier alpha value is -2.99. The molecule has 9 heteroatoms. The molecule has 0 aromatic heterocycles. The third-order valence-corrected chi connectivity index (χ3v) is 6.99. The van der Waals surface area contributed by atoms with Gasteiger partial charge in [-0.05, 0) is 55.3 Å². The first-order valence-electron chi connectivity index (χ1n) is 9.63. The number of allylic oxidation sites excluding steroid dienone is 1. The Balaban J connectivity index is 1.75. The minimum absolute atomic E-state index is 0.0611. The number of anilines is 1. The predicted molar refractivity (Wildman–Crippen MR) is 112 cm³/mol. The molecule has 1 fully saturated rings. The van der Waals surface area contributed by atoms with Gasteiger partial charge in [-0.25, -0.2) is 8.42 Å². The van der Waals surface area contributed by atoms with Crippen LogP contribution in [0.15, 0.2) is 58.5 Å². The van der Waals surface area contributed by atoms with Crippen LogP contribution in [0.5, 0.6) is 0 Å². The summed E-state index contributed by atoms with van der Waals surface area (Å²) in [7, 11) is -3.96. The van der Waals surface area contributed by atoms with Gasteiger partial charge in [-0.1, -0.05) is 12.1 Å². The van der Waals surface area contributed by atoms with Crippen molar-refractivity contribution in [3.05, 3.63) is 70.3 Å². The number of hydrogen-bond donors (Lipinski definition) is 0. The monoisotopic (exact) mass is 449 g/mol. The Morgan fingerprint density at radius 1 is 1.03 bits per heavy atom. The topological polar surface area (TPSA) is 64.4 Å². The van der Waals surface area contributed by atoms with Gasteiger partial charge in [0.1, 0.15) is 6.07 Å². The molecule has 0 atom stereocenters. The van der Waals surface area contributed by atoms with Crippen molar-refractivity contribution >= 4 is 15.5 Å². The number of benzene rings is 2. The van der Waals surface area contributed by atoms with Crippen LogP contribution < -0.4 is 4.90 Å². The second-order valence-electron chi connectivity index (χ2n) is 7.43. The number of rotatable bonds is 4. The summed E-state index contributed by atoms with van der Waals surface area (Å²) in [5.41, 5.74) is 1.51. The van der Waals surface area contributed by atoms with E-state index in [1.54, 1.807) is 36.1 Å². The molecule has 2 aromatic rings. The molecule has 0 bridgehead atoms. The van der Waals surface area contributed by atoms with Crippen molar-refractivity contribution in [3.63, 3.8) is 0 Å². The SMILES string of the molecule is Cc1ccc(S(=O)(=O)C(C#N)=CN2CCN(c3cccc(C(F)(F)F)c3)CC2)cc1C. The highest BCUT2D eigenvalue weighted by Crippen LogP contribution is 2.32. The van der Waals surface area contributed by atoms with Crippen LogP contribution in [0.4, 0.5) is 18.9 Å². The number of alkyl halides is 3. The molecule has 0 N–H and O–H groups in total. The lowest BCUT2D eigenvalue weighted by Crippen LogP contribution is -2.44. The Bertz CT molecular complexity index is 1140. The van der Waals surface area contributed by atoms with Crippen LogP contribution in [-0.4, -0.2) is 39.5 Å². The smallest absolute Gasteiger partial charge is 0.372 e. The van der Waals surface area contributed by atoms with E-state index in [2.05, 4.69) is 0 Å².